The van der Waals surface area contributed by atoms with Gasteiger partial charge in [0, 0.05) is 17.8 Å². The number of aryl methyl sites for hydroxylation is 1. The molecule has 2 aromatic rings. The smallest absolute Gasteiger partial charge is 0.316 e. The predicted octanol–water partition coefficient (Wildman–Crippen LogP) is 2.14. The fourth-order valence-corrected chi connectivity index (χ4v) is 2.42. The molecule has 1 aliphatic heterocycles. The summed E-state index contributed by atoms with van der Waals surface area (Å²) >= 11 is 0. The van der Waals surface area contributed by atoms with E-state index in [9.17, 15) is 9.59 Å². The van der Waals surface area contributed by atoms with Crippen LogP contribution in [0.2, 0.25) is 0 Å². The number of hydrogen-bond donors (Lipinski definition) is 3. The minimum Gasteiger partial charge on any atom is -0.454 e. The molecule has 2 aromatic carbocycles. The Bertz CT molecular complexity index is 804. The van der Waals surface area contributed by atoms with E-state index in [1.54, 1.807) is 18.2 Å². The third-order valence-electron chi connectivity index (χ3n) is 3.64. The average Bonchev–Trinajstić information content (AvgIpc) is 3.01. The number of ether oxygens (including phenoxy) is 2. The molecule has 0 radical (unpaired) electrons. The molecule has 0 aromatic heterocycles. The fourth-order valence-electron chi connectivity index (χ4n) is 2.42. The van der Waals surface area contributed by atoms with Crippen LogP contribution in [0.25, 0.3) is 0 Å². The average molecular weight is 327 g/mol. The third-order valence-corrected chi connectivity index (χ3v) is 3.64. The van der Waals surface area contributed by atoms with Crippen LogP contribution in [-0.2, 0) is 6.54 Å². The first-order valence-electron chi connectivity index (χ1n) is 7.37. The molecule has 7 nitrogen and oxygen atoms in total. The number of rotatable bonds is 4. The molecule has 0 unspecified atom stereocenters. The second kappa shape index (κ2) is 6.49. The van der Waals surface area contributed by atoms with E-state index in [2.05, 4.69) is 10.6 Å². The largest absolute Gasteiger partial charge is 0.454 e. The van der Waals surface area contributed by atoms with Crippen LogP contribution in [0.1, 0.15) is 21.5 Å². The van der Waals surface area contributed by atoms with Gasteiger partial charge in [0.05, 0.1) is 0 Å². The number of nitrogens with one attached hydrogen (secondary N) is 2. The van der Waals surface area contributed by atoms with Gasteiger partial charge in [-0.05, 0) is 42.3 Å². The lowest BCUT2D eigenvalue weighted by atomic mass is 10.1. The van der Waals surface area contributed by atoms with Crippen molar-refractivity contribution >= 4 is 17.6 Å². The van der Waals surface area contributed by atoms with Crippen LogP contribution in [0.15, 0.2) is 36.4 Å². The minimum absolute atomic E-state index is 0.212. The number of carbonyl (C=O) groups is 2. The van der Waals surface area contributed by atoms with Gasteiger partial charge in [0.2, 0.25) is 6.79 Å². The first-order valence-corrected chi connectivity index (χ1v) is 7.37. The van der Waals surface area contributed by atoms with Crippen LogP contribution < -0.4 is 25.8 Å². The zero-order valence-corrected chi connectivity index (χ0v) is 13.1. The summed E-state index contributed by atoms with van der Waals surface area (Å²) in [4.78, 5) is 23.3. The molecule has 0 spiro atoms. The number of hydrogen-bond acceptors (Lipinski definition) is 4. The standard InChI is InChI=1S/C17H17N3O4/c1-10-2-4-12(20-17(18)22)7-13(10)16(21)19-8-11-3-5-14-15(6-11)24-9-23-14/h2-7H,8-9H2,1H3,(H,19,21)(H3,18,20,22). The Balaban J connectivity index is 1.69. The highest BCUT2D eigenvalue weighted by Crippen LogP contribution is 2.32. The van der Waals surface area contributed by atoms with Crippen molar-refractivity contribution in [1.82, 2.24) is 5.32 Å². The van der Waals surface area contributed by atoms with Gasteiger partial charge in [-0.3, -0.25) is 4.79 Å². The number of nitrogens with two attached hydrogens (primary N) is 1. The Morgan fingerprint density at radius 1 is 1.12 bits per heavy atom. The van der Waals surface area contributed by atoms with E-state index in [0.29, 0.717) is 29.3 Å². The van der Waals surface area contributed by atoms with Gasteiger partial charge in [0.25, 0.3) is 5.91 Å². The number of carbonyl (C=O) groups excluding carboxylic acids is 2. The maximum atomic E-state index is 12.4. The van der Waals surface area contributed by atoms with E-state index in [0.717, 1.165) is 11.1 Å². The lowest BCUT2D eigenvalue weighted by Crippen LogP contribution is -2.24. The number of urea groups is 1. The summed E-state index contributed by atoms with van der Waals surface area (Å²) in [6.45, 7) is 2.38. The van der Waals surface area contributed by atoms with Gasteiger partial charge >= 0.3 is 6.03 Å². The molecule has 0 saturated carbocycles. The van der Waals surface area contributed by atoms with E-state index < -0.39 is 6.03 Å². The number of anilines is 1. The SMILES string of the molecule is Cc1ccc(NC(N)=O)cc1C(=O)NCc1ccc2c(c1)OCO2. The zero-order chi connectivity index (χ0) is 17.1. The van der Waals surface area contributed by atoms with E-state index in [4.69, 9.17) is 15.2 Å². The van der Waals surface area contributed by atoms with Gasteiger partial charge in [-0.1, -0.05) is 12.1 Å². The van der Waals surface area contributed by atoms with E-state index in [1.807, 2.05) is 25.1 Å². The van der Waals surface area contributed by atoms with Crippen molar-refractivity contribution in [3.63, 3.8) is 0 Å². The Morgan fingerprint density at radius 3 is 2.71 bits per heavy atom. The molecule has 4 N–H and O–H groups in total. The fraction of sp³-hybridized carbons (Fsp3) is 0.176. The van der Waals surface area contributed by atoms with Crippen LogP contribution in [0, 0.1) is 6.92 Å². The Kier molecular flexibility index (Phi) is 4.24. The maximum absolute atomic E-state index is 12.4. The van der Waals surface area contributed by atoms with Crippen LogP contribution in [0.4, 0.5) is 10.5 Å². The molecule has 0 atom stereocenters. The molecule has 0 bridgehead atoms. The van der Waals surface area contributed by atoms with Crippen molar-refractivity contribution in [2.45, 2.75) is 13.5 Å². The minimum atomic E-state index is -0.675. The lowest BCUT2D eigenvalue weighted by molar-refractivity contribution is 0.0950. The van der Waals surface area contributed by atoms with Crippen LogP contribution in [0.5, 0.6) is 11.5 Å². The predicted molar refractivity (Wildman–Crippen MR) is 88.1 cm³/mol. The maximum Gasteiger partial charge on any atom is 0.316 e. The van der Waals surface area contributed by atoms with Gasteiger partial charge in [-0.25, -0.2) is 4.79 Å². The van der Waals surface area contributed by atoms with Crippen molar-refractivity contribution in [3.8, 4) is 11.5 Å². The number of primary amides is 1. The summed E-state index contributed by atoms with van der Waals surface area (Å²) in [5.74, 6) is 1.13. The summed E-state index contributed by atoms with van der Waals surface area (Å²) in [6, 6.07) is 9.87. The van der Waals surface area contributed by atoms with Gasteiger partial charge in [-0.15, -0.1) is 0 Å². The summed E-state index contributed by atoms with van der Waals surface area (Å²) < 4.78 is 10.6. The molecule has 7 heteroatoms. The van der Waals surface area contributed by atoms with Crippen molar-refractivity contribution in [3.05, 3.63) is 53.1 Å². The van der Waals surface area contributed by atoms with Crippen molar-refractivity contribution in [2.24, 2.45) is 5.73 Å². The molecule has 24 heavy (non-hydrogen) atoms. The highest BCUT2D eigenvalue weighted by molar-refractivity contribution is 5.97. The summed E-state index contributed by atoms with van der Waals surface area (Å²) in [5, 5.41) is 5.31. The molecule has 3 rings (SSSR count). The highest BCUT2D eigenvalue weighted by Gasteiger charge is 2.14. The van der Waals surface area contributed by atoms with E-state index in [-0.39, 0.29) is 12.7 Å². The first-order chi connectivity index (χ1) is 11.5. The Morgan fingerprint density at radius 2 is 1.92 bits per heavy atom. The number of fused-ring (bicyclic) bond motifs is 1. The topological polar surface area (TPSA) is 103 Å². The summed E-state index contributed by atoms with van der Waals surface area (Å²) in [6.07, 6.45) is 0. The van der Waals surface area contributed by atoms with E-state index in [1.165, 1.54) is 0 Å². The molecular formula is C17H17N3O4. The van der Waals surface area contributed by atoms with Crippen LogP contribution >= 0.6 is 0 Å². The molecular weight excluding hydrogens is 310 g/mol. The van der Waals surface area contributed by atoms with Crippen LogP contribution in [-0.4, -0.2) is 18.7 Å². The third kappa shape index (κ3) is 3.40. The quantitative estimate of drug-likeness (QED) is 0.800. The second-order valence-corrected chi connectivity index (χ2v) is 5.39. The molecule has 0 fully saturated rings. The van der Waals surface area contributed by atoms with Gasteiger partial charge < -0.3 is 25.8 Å². The van der Waals surface area contributed by atoms with Gasteiger partial charge in [-0.2, -0.15) is 0 Å². The Hall–Kier alpha value is -3.22. The molecule has 0 saturated heterocycles. The lowest BCUT2D eigenvalue weighted by Gasteiger charge is -2.10. The molecule has 3 amide bonds. The normalized spacial score (nSPS) is 11.9. The van der Waals surface area contributed by atoms with Crippen molar-refractivity contribution in [2.75, 3.05) is 12.1 Å². The molecule has 124 valence electrons. The highest BCUT2D eigenvalue weighted by atomic mass is 16.7. The monoisotopic (exact) mass is 327 g/mol. The van der Waals surface area contributed by atoms with Gasteiger partial charge in [0.1, 0.15) is 0 Å². The number of benzene rings is 2. The van der Waals surface area contributed by atoms with Crippen molar-refractivity contribution < 1.29 is 19.1 Å². The summed E-state index contributed by atoms with van der Waals surface area (Å²) in [7, 11) is 0. The first kappa shape index (κ1) is 15.7. The molecule has 1 heterocycles. The van der Waals surface area contributed by atoms with Gasteiger partial charge in [0.15, 0.2) is 11.5 Å². The van der Waals surface area contributed by atoms with Crippen molar-refractivity contribution in [1.29, 1.82) is 0 Å². The Labute approximate surface area is 138 Å². The second-order valence-electron chi connectivity index (χ2n) is 5.39. The zero-order valence-electron chi connectivity index (χ0n) is 13.1. The van der Waals surface area contributed by atoms with E-state index >= 15 is 0 Å². The molecule has 1 aliphatic rings. The van der Waals surface area contributed by atoms with Crippen LogP contribution in [0.3, 0.4) is 0 Å². The number of amides is 3. The molecule has 0 aliphatic carbocycles. The summed E-state index contributed by atoms with van der Waals surface area (Å²) in [5.41, 5.74) is 7.74.